The fourth-order valence-electron chi connectivity index (χ4n) is 17.9. The second-order valence-corrected chi connectivity index (χ2v) is 32.4. The number of anilines is 9. The minimum Gasteiger partial charge on any atom is -0.310 e. The molecule has 0 N–H and O–H groups in total. The number of fused-ring (bicyclic) bond motifs is 4. The van der Waals surface area contributed by atoms with E-state index >= 15 is 0 Å². The summed E-state index contributed by atoms with van der Waals surface area (Å²) in [5.74, 6) is 0. The molecular weight excluding hydrogens is 1350 g/mol. The van der Waals surface area contributed by atoms with Crippen molar-refractivity contribution < 1.29 is 0 Å². The molecule has 0 radical (unpaired) electrons. The monoisotopic (exact) mass is 1430 g/mol. The Labute approximate surface area is 657 Å². The molecule has 0 bridgehead atoms. The van der Waals surface area contributed by atoms with E-state index in [4.69, 9.17) is 0 Å². The van der Waals surface area contributed by atoms with Gasteiger partial charge in [-0.15, -0.1) is 0 Å². The van der Waals surface area contributed by atoms with Crippen molar-refractivity contribution in [3.8, 4) is 89.0 Å². The van der Waals surface area contributed by atoms with Gasteiger partial charge in [0.2, 0.25) is 0 Å². The topological polar surface area (TPSA) is 9.72 Å². The molecule has 2 aliphatic heterocycles. The lowest BCUT2D eigenvalue weighted by Crippen LogP contribution is -2.61. The van der Waals surface area contributed by atoms with Crippen LogP contribution in [0.4, 0.5) is 51.2 Å². The number of benzene rings is 18. The molecule has 4 heteroatoms. The predicted molar refractivity (Wildman–Crippen MR) is 480 cm³/mol. The summed E-state index contributed by atoms with van der Waals surface area (Å²) >= 11 is 0. The van der Waals surface area contributed by atoms with Crippen molar-refractivity contribution in [3.63, 3.8) is 0 Å². The molecule has 20 rings (SSSR count). The highest BCUT2D eigenvalue weighted by Gasteiger charge is 2.46. The summed E-state index contributed by atoms with van der Waals surface area (Å²) in [4.78, 5) is 7.88. The number of rotatable bonds is 13. The molecule has 112 heavy (non-hydrogen) atoms. The van der Waals surface area contributed by atoms with Crippen LogP contribution < -0.4 is 31.1 Å². The van der Waals surface area contributed by atoms with Crippen molar-refractivity contribution in [3.05, 3.63) is 399 Å². The largest absolute Gasteiger partial charge is 0.310 e. The van der Waals surface area contributed by atoms with Gasteiger partial charge in [0, 0.05) is 56.4 Å². The Hall–Kier alpha value is -13.5. The van der Waals surface area contributed by atoms with Crippen LogP contribution in [0.15, 0.2) is 388 Å². The normalized spacial score (nSPS) is 12.5. The minimum absolute atomic E-state index is 0.0831. The van der Waals surface area contributed by atoms with Crippen LogP contribution in [-0.4, -0.2) is 6.71 Å². The molecule has 0 aromatic heterocycles. The zero-order valence-electron chi connectivity index (χ0n) is 63.9. The van der Waals surface area contributed by atoms with Gasteiger partial charge in [-0.25, -0.2) is 0 Å². The SMILES string of the molecule is CC(C)(C)c1cc2ccc3cc(C(C)(C)C)cc4c(-c5ccc6c(c5)B5c7cc(-c8ccccc8)ccc7N(c7c(-c8ccccc8)cccc7-c7ccccc7)c7cc(N(c8ccc(-c9ccccc9)cc8)c8ccc(-c9ccccc9)cc8)cc(c75)N6c5c(-c6ccccc6)cccc5-c5ccccc5)cc(c1)c2c34. The van der Waals surface area contributed by atoms with Crippen LogP contribution in [0.2, 0.25) is 0 Å². The fourth-order valence-corrected chi connectivity index (χ4v) is 17.9. The number of nitrogens with zero attached hydrogens (tertiary/aromatic N) is 3. The van der Waals surface area contributed by atoms with Gasteiger partial charge in [0.1, 0.15) is 0 Å². The smallest absolute Gasteiger partial charge is 0.252 e. The Morgan fingerprint density at radius 3 is 0.964 bits per heavy atom. The van der Waals surface area contributed by atoms with Gasteiger partial charge in [-0.3, -0.25) is 0 Å². The van der Waals surface area contributed by atoms with E-state index in [1.54, 1.807) is 0 Å². The Morgan fingerprint density at radius 2 is 0.562 bits per heavy atom. The standard InChI is InChI=1S/C108H82BN3/c1-107(2,3)85-62-82-48-49-83-63-86(108(4,5)6)68-95-94(65-84(64-85)102(82)103(83)95)81-55-61-99-97(67-81)109-96-66-80(73-34-18-9-19-35-73)54-60-98(96)111(105-90(76-36-20-10-21-37-76)44-28-45-91(105)77-38-22-11-23-39-77)100-69-89(70-101(104(100)109)112(99)106-92(78-40-24-12-25-41-78)46-29-47-93(106)79-42-26-13-27-43-79)110(87-56-50-74(51-57-87)71-30-14-7-15-31-71)88-58-52-75(53-59-88)72-32-16-8-17-33-72/h7-70H,1-6H3. The van der Waals surface area contributed by atoms with Gasteiger partial charge in [0.15, 0.2) is 0 Å². The van der Waals surface area contributed by atoms with Crippen molar-refractivity contribution in [1.82, 2.24) is 0 Å². The van der Waals surface area contributed by atoms with Crippen molar-refractivity contribution in [2.75, 3.05) is 14.7 Å². The van der Waals surface area contributed by atoms with Crippen molar-refractivity contribution in [2.24, 2.45) is 0 Å². The maximum Gasteiger partial charge on any atom is 0.252 e. The average Bonchev–Trinajstić information content (AvgIpc) is 0.688. The molecule has 2 aliphatic rings. The van der Waals surface area contributed by atoms with Gasteiger partial charge < -0.3 is 14.7 Å². The lowest BCUT2D eigenvalue weighted by Gasteiger charge is -2.46. The first kappa shape index (κ1) is 67.8. The molecule has 0 spiro atoms. The van der Waals surface area contributed by atoms with Crippen LogP contribution >= 0.6 is 0 Å². The molecule has 0 unspecified atom stereocenters. The number of hydrogen-bond donors (Lipinski definition) is 0. The Kier molecular flexibility index (Phi) is 16.5. The maximum atomic E-state index is 2.70. The minimum atomic E-state index is -0.328. The zero-order valence-corrected chi connectivity index (χ0v) is 63.9. The molecule has 3 nitrogen and oxygen atoms in total. The number of hydrogen-bond acceptors (Lipinski definition) is 3. The summed E-state index contributed by atoms with van der Waals surface area (Å²) in [6.45, 7) is 13.8. The van der Waals surface area contributed by atoms with Gasteiger partial charge in [0.05, 0.1) is 17.1 Å². The highest BCUT2D eigenvalue weighted by atomic mass is 15.2. The Bertz CT molecular complexity index is 6370. The third-order valence-electron chi connectivity index (χ3n) is 23.4. The third kappa shape index (κ3) is 11.8. The fraction of sp³-hybridized carbons (Fsp3) is 0.0741. The van der Waals surface area contributed by atoms with Crippen LogP contribution in [-0.2, 0) is 10.8 Å². The molecule has 18 aromatic carbocycles. The lowest BCUT2D eigenvalue weighted by molar-refractivity contribution is 0.591. The summed E-state index contributed by atoms with van der Waals surface area (Å²) in [7, 11) is 0. The van der Waals surface area contributed by atoms with Gasteiger partial charge >= 0.3 is 0 Å². The maximum absolute atomic E-state index is 2.70. The molecule has 18 aromatic rings. The average molecular weight is 1430 g/mol. The van der Waals surface area contributed by atoms with E-state index in [1.165, 1.54) is 82.1 Å². The molecular formula is C108H82BN3. The van der Waals surface area contributed by atoms with Crippen LogP contribution in [0.5, 0.6) is 0 Å². The highest BCUT2D eigenvalue weighted by Crippen LogP contribution is 2.56. The van der Waals surface area contributed by atoms with E-state index in [2.05, 4.69) is 444 Å². The van der Waals surface area contributed by atoms with Crippen LogP contribution in [0, 0.1) is 0 Å². The summed E-state index contributed by atoms with van der Waals surface area (Å²) in [6.07, 6.45) is 0. The van der Waals surface area contributed by atoms with E-state index < -0.39 is 0 Å². The van der Waals surface area contributed by atoms with Gasteiger partial charge in [-0.05, 0) is 198 Å². The molecule has 2 heterocycles. The molecule has 0 amide bonds. The first-order chi connectivity index (χ1) is 54.8. The zero-order chi connectivity index (χ0) is 75.3. The second kappa shape index (κ2) is 27.2. The van der Waals surface area contributed by atoms with Gasteiger partial charge in [-0.2, -0.15) is 0 Å². The van der Waals surface area contributed by atoms with Crippen molar-refractivity contribution >= 4 is 107 Å². The molecule has 0 saturated carbocycles. The van der Waals surface area contributed by atoms with E-state index in [0.29, 0.717) is 0 Å². The molecule has 532 valence electrons. The van der Waals surface area contributed by atoms with Crippen LogP contribution in [0.1, 0.15) is 52.7 Å². The van der Waals surface area contributed by atoms with E-state index in [1.807, 2.05) is 0 Å². The lowest BCUT2D eigenvalue weighted by atomic mass is 9.33. The number of para-hydroxylation sites is 2. The predicted octanol–water partition coefficient (Wildman–Crippen LogP) is 28.1. The Balaban J connectivity index is 0.962. The summed E-state index contributed by atoms with van der Waals surface area (Å²) in [6, 6.07) is 146. The molecule has 0 atom stereocenters. The second-order valence-electron chi connectivity index (χ2n) is 32.4. The molecule has 0 fully saturated rings. The first-order valence-electron chi connectivity index (χ1n) is 39.3. The first-order valence-corrected chi connectivity index (χ1v) is 39.3. The summed E-state index contributed by atoms with van der Waals surface area (Å²) in [5, 5.41) is 7.71. The highest BCUT2D eigenvalue weighted by molar-refractivity contribution is 7.00. The van der Waals surface area contributed by atoms with E-state index in [0.717, 1.165) is 118 Å². The van der Waals surface area contributed by atoms with Gasteiger partial charge in [0.25, 0.3) is 6.71 Å². The van der Waals surface area contributed by atoms with E-state index in [9.17, 15) is 0 Å². The van der Waals surface area contributed by atoms with Crippen molar-refractivity contribution in [2.45, 2.75) is 52.4 Å². The molecule has 0 aliphatic carbocycles. The third-order valence-corrected chi connectivity index (χ3v) is 23.4. The van der Waals surface area contributed by atoms with Crippen LogP contribution in [0.3, 0.4) is 0 Å². The van der Waals surface area contributed by atoms with E-state index in [-0.39, 0.29) is 17.5 Å². The Morgan fingerprint density at radius 1 is 0.232 bits per heavy atom. The van der Waals surface area contributed by atoms with Gasteiger partial charge in [-0.1, -0.05) is 369 Å². The summed E-state index contributed by atoms with van der Waals surface area (Å²) < 4.78 is 0. The molecule has 0 saturated heterocycles. The quantitative estimate of drug-likeness (QED) is 0.0841. The van der Waals surface area contributed by atoms with Crippen molar-refractivity contribution in [1.29, 1.82) is 0 Å². The summed E-state index contributed by atoms with van der Waals surface area (Å²) in [5.41, 5.74) is 34.0. The van der Waals surface area contributed by atoms with Crippen LogP contribution in [0.25, 0.3) is 121 Å².